The van der Waals surface area contributed by atoms with Crippen LogP contribution in [0.3, 0.4) is 0 Å². The van der Waals surface area contributed by atoms with Gasteiger partial charge in [-0.15, -0.1) is 5.92 Å². The third kappa shape index (κ3) is 4.98. The van der Waals surface area contributed by atoms with Crippen molar-refractivity contribution in [3.05, 3.63) is 0 Å². The van der Waals surface area contributed by atoms with Crippen LogP contribution >= 0.6 is 0 Å². The first-order chi connectivity index (χ1) is 6.29. The molecule has 0 aromatic rings. The third-order valence-electron chi connectivity index (χ3n) is 2.68. The van der Waals surface area contributed by atoms with Gasteiger partial charge >= 0.3 is 0 Å². The summed E-state index contributed by atoms with van der Waals surface area (Å²) in [4.78, 5) is 0. The molecule has 13 heavy (non-hydrogen) atoms. The molecule has 1 saturated carbocycles. The first-order valence-corrected chi connectivity index (χ1v) is 5.80. The molecule has 74 valence electrons. The van der Waals surface area contributed by atoms with Crippen molar-refractivity contribution >= 4 is 0 Å². The molecule has 0 spiro atoms. The van der Waals surface area contributed by atoms with Crippen LogP contribution < -0.4 is 0 Å². The van der Waals surface area contributed by atoms with Crippen molar-refractivity contribution in [2.24, 2.45) is 11.8 Å². The highest BCUT2D eigenvalue weighted by molar-refractivity contribution is 5.05. The summed E-state index contributed by atoms with van der Waals surface area (Å²) in [7, 11) is 0. The zero-order valence-electron chi connectivity index (χ0n) is 9.10. The lowest BCUT2D eigenvalue weighted by Gasteiger charge is -2.14. The van der Waals surface area contributed by atoms with Gasteiger partial charge in [0.25, 0.3) is 0 Å². The van der Waals surface area contributed by atoms with E-state index in [1.807, 2.05) is 0 Å². The largest absolute Gasteiger partial charge is 0.100 e. The Balaban J connectivity index is 2.34. The Hall–Kier alpha value is -0.440. The fraction of sp³-hybridized carbons (Fsp3) is 0.846. The Bertz CT molecular complexity index is 172. The molecule has 0 N–H and O–H groups in total. The summed E-state index contributed by atoms with van der Waals surface area (Å²) < 4.78 is 0. The Morgan fingerprint density at radius 1 is 0.923 bits per heavy atom. The summed E-state index contributed by atoms with van der Waals surface area (Å²) in [5, 5.41) is 0. The van der Waals surface area contributed by atoms with Gasteiger partial charge in [-0.25, -0.2) is 0 Å². The predicted octanol–water partition coefficient (Wildman–Crippen LogP) is 4.01. The molecule has 0 nitrogen and oxygen atoms in total. The van der Waals surface area contributed by atoms with Crippen LogP contribution in [-0.4, -0.2) is 0 Å². The Kier molecular flexibility index (Phi) is 4.98. The van der Waals surface area contributed by atoms with Crippen molar-refractivity contribution < 1.29 is 0 Å². The van der Waals surface area contributed by atoms with E-state index in [1.165, 1.54) is 44.9 Å². The smallest absolute Gasteiger partial charge is 0.0203 e. The zero-order valence-corrected chi connectivity index (χ0v) is 9.10. The maximum Gasteiger partial charge on any atom is 0.0203 e. The van der Waals surface area contributed by atoms with Gasteiger partial charge in [0.15, 0.2) is 0 Å². The van der Waals surface area contributed by atoms with Crippen molar-refractivity contribution in [1.29, 1.82) is 0 Å². The van der Waals surface area contributed by atoms with Crippen LogP contribution in [0.4, 0.5) is 0 Å². The van der Waals surface area contributed by atoms with E-state index < -0.39 is 0 Å². The summed E-state index contributed by atoms with van der Waals surface area (Å²) in [6.45, 7) is 4.35. The topological polar surface area (TPSA) is 0 Å². The van der Waals surface area contributed by atoms with Crippen molar-refractivity contribution in [1.82, 2.24) is 0 Å². The Morgan fingerprint density at radius 2 is 1.46 bits per heavy atom. The fourth-order valence-corrected chi connectivity index (χ4v) is 1.88. The minimum absolute atomic E-state index is 0.547. The van der Waals surface area contributed by atoms with Gasteiger partial charge in [-0.1, -0.05) is 51.9 Å². The Morgan fingerprint density at radius 3 is 2.00 bits per heavy atom. The van der Waals surface area contributed by atoms with E-state index in [9.17, 15) is 0 Å². The minimum Gasteiger partial charge on any atom is -0.100 e. The molecule has 1 fully saturated rings. The highest BCUT2D eigenvalue weighted by atomic mass is 14.1. The molecular weight excluding hydrogens is 156 g/mol. The van der Waals surface area contributed by atoms with Gasteiger partial charge in [-0.2, -0.15) is 0 Å². The molecular formula is C13H22. The van der Waals surface area contributed by atoms with Crippen LogP contribution in [0, 0.1) is 23.7 Å². The van der Waals surface area contributed by atoms with Crippen molar-refractivity contribution in [3.8, 4) is 11.8 Å². The summed E-state index contributed by atoms with van der Waals surface area (Å²) in [5.74, 6) is 8.01. The maximum atomic E-state index is 3.44. The molecule has 1 aliphatic carbocycles. The average molecular weight is 178 g/mol. The summed E-state index contributed by atoms with van der Waals surface area (Å²) in [6.07, 6.45) is 9.80. The van der Waals surface area contributed by atoms with Gasteiger partial charge in [0, 0.05) is 11.8 Å². The van der Waals surface area contributed by atoms with Crippen LogP contribution in [0.5, 0.6) is 0 Å². The van der Waals surface area contributed by atoms with Crippen LogP contribution in [-0.2, 0) is 0 Å². The fourth-order valence-electron chi connectivity index (χ4n) is 1.88. The summed E-state index contributed by atoms with van der Waals surface area (Å²) in [5.41, 5.74) is 0. The molecule has 1 aliphatic rings. The molecule has 0 aromatic carbocycles. The Labute approximate surface area is 83.1 Å². The van der Waals surface area contributed by atoms with Crippen LogP contribution in [0.1, 0.15) is 58.8 Å². The molecule has 0 radical (unpaired) electrons. The highest BCUT2D eigenvalue weighted by Crippen LogP contribution is 2.21. The molecule has 0 heterocycles. The van der Waals surface area contributed by atoms with Gasteiger partial charge in [0.1, 0.15) is 0 Å². The number of rotatable bonds is 0. The quantitative estimate of drug-likeness (QED) is 0.492. The van der Waals surface area contributed by atoms with Gasteiger partial charge in [-0.05, 0) is 12.8 Å². The lowest BCUT2D eigenvalue weighted by Crippen LogP contribution is -2.01. The molecule has 0 bridgehead atoms. The predicted molar refractivity (Wildman–Crippen MR) is 58.4 cm³/mol. The van der Waals surface area contributed by atoms with E-state index in [1.54, 1.807) is 0 Å². The molecule has 0 heteroatoms. The first kappa shape index (κ1) is 10.6. The summed E-state index contributed by atoms with van der Waals surface area (Å²) in [6, 6.07) is 0. The monoisotopic (exact) mass is 178 g/mol. The van der Waals surface area contributed by atoms with Crippen LogP contribution in [0.25, 0.3) is 0 Å². The van der Waals surface area contributed by atoms with Gasteiger partial charge in [0.05, 0.1) is 0 Å². The van der Waals surface area contributed by atoms with Gasteiger partial charge in [-0.3, -0.25) is 0 Å². The SMILES string of the molecule is CC(C)C#CC1CCCCCCC1. The summed E-state index contributed by atoms with van der Waals surface area (Å²) >= 11 is 0. The van der Waals surface area contributed by atoms with E-state index in [2.05, 4.69) is 25.7 Å². The second-order valence-electron chi connectivity index (χ2n) is 4.49. The number of hydrogen-bond acceptors (Lipinski definition) is 0. The lowest BCUT2D eigenvalue weighted by atomic mass is 9.91. The lowest BCUT2D eigenvalue weighted by molar-refractivity contribution is 0.444. The van der Waals surface area contributed by atoms with E-state index in [0.29, 0.717) is 11.8 Å². The van der Waals surface area contributed by atoms with Crippen molar-refractivity contribution in [3.63, 3.8) is 0 Å². The van der Waals surface area contributed by atoms with Gasteiger partial charge < -0.3 is 0 Å². The molecule has 0 aromatic heterocycles. The average Bonchev–Trinajstić information content (AvgIpc) is 2.01. The van der Waals surface area contributed by atoms with Crippen molar-refractivity contribution in [2.45, 2.75) is 58.8 Å². The second kappa shape index (κ2) is 6.08. The van der Waals surface area contributed by atoms with Crippen molar-refractivity contribution in [2.75, 3.05) is 0 Å². The van der Waals surface area contributed by atoms with E-state index >= 15 is 0 Å². The second-order valence-corrected chi connectivity index (χ2v) is 4.49. The molecule has 0 atom stereocenters. The molecule has 0 aliphatic heterocycles. The molecule has 0 amide bonds. The third-order valence-corrected chi connectivity index (χ3v) is 2.68. The standard InChI is InChI=1S/C13H22/c1-12(2)10-11-13-8-6-4-3-5-7-9-13/h12-13H,3-9H2,1-2H3. The zero-order chi connectivity index (χ0) is 9.52. The van der Waals surface area contributed by atoms with Gasteiger partial charge in [0.2, 0.25) is 0 Å². The minimum atomic E-state index is 0.547. The first-order valence-electron chi connectivity index (χ1n) is 5.80. The van der Waals surface area contributed by atoms with E-state index in [4.69, 9.17) is 0 Å². The molecule has 0 unspecified atom stereocenters. The highest BCUT2D eigenvalue weighted by Gasteiger charge is 2.07. The van der Waals surface area contributed by atoms with E-state index in [0.717, 1.165) is 0 Å². The normalized spacial score (nSPS) is 20.2. The van der Waals surface area contributed by atoms with Crippen LogP contribution in [0.2, 0.25) is 0 Å². The molecule has 0 saturated heterocycles. The maximum absolute atomic E-state index is 3.44. The number of hydrogen-bond donors (Lipinski definition) is 0. The van der Waals surface area contributed by atoms with E-state index in [-0.39, 0.29) is 0 Å². The molecule has 1 rings (SSSR count). The van der Waals surface area contributed by atoms with Crippen LogP contribution in [0.15, 0.2) is 0 Å².